The van der Waals surface area contributed by atoms with Gasteiger partial charge in [-0.3, -0.25) is 9.89 Å². The highest BCUT2D eigenvalue weighted by atomic mass is 35.5. The molecule has 1 heterocycles. The number of rotatable bonds is 5. The molecule has 0 saturated carbocycles. The maximum Gasteiger partial charge on any atom is 0.230 e. The summed E-state index contributed by atoms with van der Waals surface area (Å²) < 4.78 is 0. The van der Waals surface area contributed by atoms with Gasteiger partial charge in [-0.05, 0) is 18.2 Å². The molecule has 0 aliphatic carbocycles. The van der Waals surface area contributed by atoms with Crippen molar-refractivity contribution in [3.05, 3.63) is 40.4 Å². The second kappa shape index (κ2) is 6.79. The van der Waals surface area contributed by atoms with Gasteiger partial charge in [0.2, 0.25) is 5.91 Å². The van der Waals surface area contributed by atoms with Gasteiger partial charge in [-0.2, -0.15) is 5.10 Å². The van der Waals surface area contributed by atoms with E-state index in [1.807, 2.05) is 0 Å². The van der Waals surface area contributed by atoms with Crippen LogP contribution in [0.1, 0.15) is 5.82 Å². The molecule has 5 nitrogen and oxygen atoms in total. The Labute approximate surface area is 124 Å². The molecular formula is C11H10Cl2N4OS. The normalized spacial score (nSPS) is 10.4. The third-order valence-electron chi connectivity index (χ3n) is 2.17. The third-order valence-corrected chi connectivity index (χ3v) is 3.90. The van der Waals surface area contributed by atoms with Crippen LogP contribution in [-0.2, 0) is 11.3 Å². The summed E-state index contributed by atoms with van der Waals surface area (Å²) >= 11 is 13.2. The smallest absolute Gasteiger partial charge is 0.230 e. The van der Waals surface area contributed by atoms with E-state index in [0.717, 1.165) is 4.90 Å². The second-order valence-electron chi connectivity index (χ2n) is 3.57. The summed E-state index contributed by atoms with van der Waals surface area (Å²) in [7, 11) is 0. The number of carbonyl (C=O) groups is 1. The van der Waals surface area contributed by atoms with E-state index >= 15 is 0 Å². The maximum atomic E-state index is 11.6. The van der Waals surface area contributed by atoms with E-state index in [2.05, 4.69) is 20.5 Å². The molecule has 100 valence electrons. The summed E-state index contributed by atoms with van der Waals surface area (Å²) in [5, 5.41) is 10.2. The van der Waals surface area contributed by atoms with Crippen molar-refractivity contribution in [2.45, 2.75) is 11.4 Å². The number of amides is 1. The molecule has 2 aromatic rings. The van der Waals surface area contributed by atoms with Gasteiger partial charge in [-0.25, -0.2) is 4.98 Å². The molecule has 19 heavy (non-hydrogen) atoms. The van der Waals surface area contributed by atoms with Crippen LogP contribution in [0.5, 0.6) is 0 Å². The van der Waals surface area contributed by atoms with Gasteiger partial charge in [0.15, 0.2) is 0 Å². The minimum absolute atomic E-state index is 0.113. The van der Waals surface area contributed by atoms with Crippen molar-refractivity contribution in [1.29, 1.82) is 0 Å². The molecule has 0 unspecified atom stereocenters. The first-order valence-corrected chi connectivity index (χ1v) is 7.08. The molecule has 1 aromatic carbocycles. The van der Waals surface area contributed by atoms with Crippen LogP contribution in [-0.4, -0.2) is 26.8 Å². The molecule has 0 aliphatic heterocycles. The van der Waals surface area contributed by atoms with Gasteiger partial charge in [-0.1, -0.05) is 23.2 Å². The van der Waals surface area contributed by atoms with Crippen molar-refractivity contribution >= 4 is 40.9 Å². The van der Waals surface area contributed by atoms with E-state index < -0.39 is 0 Å². The van der Waals surface area contributed by atoms with Gasteiger partial charge in [0, 0.05) is 9.92 Å². The highest BCUT2D eigenvalue weighted by Gasteiger charge is 2.07. The fraction of sp³-hybridized carbons (Fsp3) is 0.182. The van der Waals surface area contributed by atoms with E-state index in [1.165, 1.54) is 18.1 Å². The maximum absolute atomic E-state index is 11.6. The van der Waals surface area contributed by atoms with E-state index in [4.69, 9.17) is 23.2 Å². The number of hydrogen-bond acceptors (Lipinski definition) is 4. The van der Waals surface area contributed by atoms with Crippen LogP contribution in [0.15, 0.2) is 29.4 Å². The van der Waals surface area contributed by atoms with Crippen molar-refractivity contribution < 1.29 is 4.79 Å². The molecule has 8 heteroatoms. The first-order chi connectivity index (χ1) is 9.15. The number of nitrogens with one attached hydrogen (secondary N) is 2. The zero-order chi connectivity index (χ0) is 13.7. The van der Waals surface area contributed by atoms with E-state index in [9.17, 15) is 4.79 Å². The molecule has 2 rings (SSSR count). The number of hydrogen-bond donors (Lipinski definition) is 2. The second-order valence-corrected chi connectivity index (χ2v) is 5.43. The number of aromatic nitrogens is 3. The Bertz CT molecular complexity index is 562. The average Bonchev–Trinajstić information content (AvgIpc) is 2.90. The van der Waals surface area contributed by atoms with Crippen LogP contribution in [0.3, 0.4) is 0 Å². The Kier molecular flexibility index (Phi) is 5.07. The zero-order valence-corrected chi connectivity index (χ0v) is 12.0. The van der Waals surface area contributed by atoms with Gasteiger partial charge in [0.05, 0.1) is 17.3 Å². The minimum Gasteiger partial charge on any atom is -0.348 e. The number of halogens is 2. The number of benzene rings is 1. The molecule has 1 aromatic heterocycles. The van der Waals surface area contributed by atoms with Gasteiger partial charge in [0.1, 0.15) is 12.2 Å². The number of aromatic amines is 1. The van der Waals surface area contributed by atoms with Crippen LogP contribution in [0.2, 0.25) is 10.0 Å². The highest BCUT2D eigenvalue weighted by Crippen LogP contribution is 2.29. The predicted molar refractivity (Wildman–Crippen MR) is 75.4 cm³/mol. The van der Waals surface area contributed by atoms with Crippen molar-refractivity contribution in [3.63, 3.8) is 0 Å². The summed E-state index contributed by atoms with van der Waals surface area (Å²) in [5.41, 5.74) is 0. The summed E-state index contributed by atoms with van der Waals surface area (Å²) in [5.74, 6) is 0.755. The van der Waals surface area contributed by atoms with Crippen LogP contribution in [0, 0.1) is 0 Å². The van der Waals surface area contributed by atoms with Crippen LogP contribution in [0.25, 0.3) is 0 Å². The monoisotopic (exact) mass is 316 g/mol. The van der Waals surface area contributed by atoms with E-state index in [0.29, 0.717) is 22.4 Å². The zero-order valence-electron chi connectivity index (χ0n) is 9.69. The first-order valence-electron chi connectivity index (χ1n) is 5.34. The lowest BCUT2D eigenvalue weighted by atomic mass is 10.4. The van der Waals surface area contributed by atoms with E-state index in [1.54, 1.807) is 18.2 Å². The Morgan fingerprint density at radius 2 is 2.26 bits per heavy atom. The van der Waals surface area contributed by atoms with Crippen LogP contribution >= 0.6 is 35.0 Å². The third kappa shape index (κ3) is 4.41. The van der Waals surface area contributed by atoms with Gasteiger partial charge in [-0.15, -0.1) is 11.8 Å². The Balaban J connectivity index is 1.81. The molecule has 0 bridgehead atoms. The minimum atomic E-state index is -0.113. The van der Waals surface area contributed by atoms with Crippen molar-refractivity contribution in [1.82, 2.24) is 20.5 Å². The summed E-state index contributed by atoms with van der Waals surface area (Å²) in [6, 6.07) is 5.15. The lowest BCUT2D eigenvalue weighted by molar-refractivity contribution is -0.118. The fourth-order valence-electron chi connectivity index (χ4n) is 1.28. The average molecular weight is 317 g/mol. The number of nitrogens with zero attached hydrogens (tertiary/aromatic N) is 2. The molecule has 0 aliphatic rings. The molecule has 0 fully saturated rings. The lowest BCUT2D eigenvalue weighted by Gasteiger charge is -2.05. The highest BCUT2D eigenvalue weighted by molar-refractivity contribution is 8.00. The Morgan fingerprint density at radius 1 is 1.42 bits per heavy atom. The lowest BCUT2D eigenvalue weighted by Crippen LogP contribution is -2.25. The van der Waals surface area contributed by atoms with E-state index in [-0.39, 0.29) is 11.7 Å². The number of H-pyrrole nitrogens is 1. The topological polar surface area (TPSA) is 70.7 Å². The molecule has 2 N–H and O–H groups in total. The molecule has 0 saturated heterocycles. The largest absolute Gasteiger partial charge is 0.348 e. The molecule has 1 amide bonds. The molecular weight excluding hydrogens is 307 g/mol. The summed E-state index contributed by atoms with van der Waals surface area (Å²) in [6.07, 6.45) is 1.39. The first kappa shape index (κ1) is 14.2. The molecule has 0 atom stereocenters. The fourth-order valence-corrected chi connectivity index (χ4v) is 2.60. The number of thioether (sulfide) groups is 1. The molecule has 0 radical (unpaired) electrons. The summed E-state index contributed by atoms with van der Waals surface area (Å²) in [4.78, 5) is 16.3. The predicted octanol–water partition coefficient (Wildman–Crippen LogP) is 2.52. The quantitative estimate of drug-likeness (QED) is 0.831. The standard InChI is InChI=1S/C11H10Cl2N4OS/c12-7-1-2-8(13)9(3-7)19-5-11(18)14-4-10-15-6-16-17-10/h1-3,6H,4-5H2,(H,14,18)(H,15,16,17). The van der Waals surface area contributed by atoms with Crippen molar-refractivity contribution in [2.24, 2.45) is 0 Å². The molecule has 0 spiro atoms. The van der Waals surface area contributed by atoms with Crippen molar-refractivity contribution in [2.75, 3.05) is 5.75 Å². The van der Waals surface area contributed by atoms with Crippen LogP contribution < -0.4 is 5.32 Å². The Morgan fingerprint density at radius 3 is 3.00 bits per heavy atom. The SMILES string of the molecule is O=C(CSc1cc(Cl)ccc1Cl)NCc1ncn[nH]1. The van der Waals surface area contributed by atoms with Gasteiger partial charge < -0.3 is 5.32 Å². The van der Waals surface area contributed by atoms with Gasteiger partial charge in [0.25, 0.3) is 0 Å². The Hall–Kier alpha value is -1.24. The summed E-state index contributed by atoms with van der Waals surface area (Å²) in [6.45, 7) is 0.322. The number of carbonyl (C=O) groups excluding carboxylic acids is 1. The van der Waals surface area contributed by atoms with Crippen LogP contribution in [0.4, 0.5) is 0 Å². The van der Waals surface area contributed by atoms with Crippen molar-refractivity contribution in [3.8, 4) is 0 Å². The van der Waals surface area contributed by atoms with Gasteiger partial charge >= 0.3 is 0 Å².